The summed E-state index contributed by atoms with van der Waals surface area (Å²) in [6.45, 7) is 0. The molecule has 0 aliphatic rings. The summed E-state index contributed by atoms with van der Waals surface area (Å²) in [5.41, 5.74) is 7.77. The number of nitrogens with zero attached hydrogens (tertiary/aromatic N) is 2. The average molecular weight is 307 g/mol. The predicted molar refractivity (Wildman–Crippen MR) is 83.9 cm³/mol. The number of nitriles is 1. The van der Waals surface area contributed by atoms with E-state index in [1.54, 1.807) is 16.9 Å². The van der Waals surface area contributed by atoms with Crippen molar-refractivity contribution in [2.75, 3.05) is 12.8 Å². The first-order valence-electron chi connectivity index (χ1n) is 6.80. The van der Waals surface area contributed by atoms with Crippen LogP contribution in [0.4, 0.5) is 5.69 Å². The second-order valence-corrected chi connectivity index (χ2v) is 4.77. The number of carbonyl (C=O) groups is 1. The highest BCUT2D eigenvalue weighted by Gasteiger charge is 2.23. The highest BCUT2D eigenvalue weighted by molar-refractivity contribution is 5.96. The van der Waals surface area contributed by atoms with Gasteiger partial charge in [-0.15, -0.1) is 0 Å². The molecule has 3 aromatic rings. The zero-order valence-corrected chi connectivity index (χ0v) is 12.3. The van der Waals surface area contributed by atoms with E-state index in [0.717, 1.165) is 5.56 Å². The van der Waals surface area contributed by atoms with Gasteiger partial charge in [0, 0.05) is 11.8 Å². The molecule has 2 N–H and O–H groups in total. The van der Waals surface area contributed by atoms with E-state index in [0.29, 0.717) is 11.4 Å². The molecule has 0 radical (unpaired) electrons. The first-order valence-corrected chi connectivity index (χ1v) is 6.80. The molecule has 2 aromatic heterocycles. The largest absolute Gasteiger partial charge is 0.464 e. The summed E-state index contributed by atoms with van der Waals surface area (Å²) in [7, 11) is 1.27. The molecule has 23 heavy (non-hydrogen) atoms. The highest BCUT2D eigenvalue weighted by Crippen LogP contribution is 2.31. The third-order valence-corrected chi connectivity index (χ3v) is 3.49. The van der Waals surface area contributed by atoms with Gasteiger partial charge in [-0.2, -0.15) is 5.26 Å². The van der Waals surface area contributed by atoms with E-state index >= 15 is 0 Å². The van der Waals surface area contributed by atoms with Crippen LogP contribution in [-0.4, -0.2) is 17.6 Å². The van der Waals surface area contributed by atoms with Gasteiger partial charge in [0.2, 0.25) is 0 Å². The van der Waals surface area contributed by atoms with Gasteiger partial charge >= 0.3 is 5.97 Å². The van der Waals surface area contributed by atoms with E-state index in [2.05, 4.69) is 0 Å². The third kappa shape index (κ3) is 2.34. The molecule has 0 aliphatic heterocycles. The van der Waals surface area contributed by atoms with E-state index in [1.165, 1.54) is 13.3 Å². The molecular weight excluding hydrogens is 294 g/mol. The van der Waals surface area contributed by atoms with Crippen LogP contribution in [0.25, 0.3) is 17.0 Å². The van der Waals surface area contributed by atoms with Gasteiger partial charge in [0.15, 0.2) is 5.69 Å². The number of furan rings is 1. The maximum absolute atomic E-state index is 12.1. The van der Waals surface area contributed by atoms with Gasteiger partial charge in [-0.05, 0) is 24.3 Å². The lowest BCUT2D eigenvalue weighted by atomic mass is 10.1. The van der Waals surface area contributed by atoms with Crippen LogP contribution < -0.4 is 5.73 Å². The molecule has 0 spiro atoms. The number of hydrogen-bond acceptors (Lipinski definition) is 5. The predicted octanol–water partition coefficient (Wildman–Crippen LogP) is 2.98. The molecule has 0 aliphatic carbocycles. The topological polar surface area (TPSA) is 94.2 Å². The monoisotopic (exact) mass is 307 g/mol. The number of ether oxygens (including phenoxy) is 1. The lowest BCUT2D eigenvalue weighted by Gasteiger charge is -2.12. The number of benzene rings is 1. The number of nitrogens with two attached hydrogens (primary N) is 1. The Balaban J connectivity index is 2.29. The Labute approximate surface area is 132 Å². The molecule has 0 fully saturated rings. The van der Waals surface area contributed by atoms with Crippen molar-refractivity contribution in [2.24, 2.45) is 0 Å². The first kappa shape index (κ1) is 14.5. The van der Waals surface area contributed by atoms with E-state index in [4.69, 9.17) is 14.9 Å². The standard InChI is InChI=1S/C17H13N3O3/c1-22-17(21)16-15(19)11(9-18)10-20(16)13-6-3-2-5-12(13)14-7-4-8-23-14/h2-8,10H,19H2,1H3. The smallest absolute Gasteiger partial charge is 0.357 e. The quantitative estimate of drug-likeness (QED) is 0.751. The van der Waals surface area contributed by atoms with Crippen molar-refractivity contribution in [3.63, 3.8) is 0 Å². The second kappa shape index (κ2) is 5.73. The molecule has 3 rings (SSSR count). The van der Waals surface area contributed by atoms with Crippen LogP contribution in [0.2, 0.25) is 0 Å². The lowest BCUT2D eigenvalue weighted by Crippen LogP contribution is -2.11. The zero-order valence-electron chi connectivity index (χ0n) is 12.3. The average Bonchev–Trinajstić information content (AvgIpc) is 3.22. The van der Waals surface area contributed by atoms with Gasteiger partial charge in [-0.25, -0.2) is 4.79 Å². The summed E-state index contributed by atoms with van der Waals surface area (Å²) in [6.07, 6.45) is 3.08. The van der Waals surface area contributed by atoms with E-state index in [9.17, 15) is 10.1 Å². The summed E-state index contributed by atoms with van der Waals surface area (Å²) < 4.78 is 11.8. The maximum atomic E-state index is 12.1. The molecule has 0 bridgehead atoms. The minimum absolute atomic E-state index is 0.0913. The van der Waals surface area contributed by atoms with Crippen molar-refractivity contribution >= 4 is 11.7 Å². The summed E-state index contributed by atoms with van der Waals surface area (Å²) in [5, 5.41) is 9.20. The number of para-hydroxylation sites is 1. The Kier molecular flexibility index (Phi) is 3.61. The van der Waals surface area contributed by atoms with Crippen molar-refractivity contribution in [2.45, 2.75) is 0 Å². The molecule has 6 heteroatoms. The van der Waals surface area contributed by atoms with Crippen molar-refractivity contribution in [3.8, 4) is 23.1 Å². The summed E-state index contributed by atoms with van der Waals surface area (Å²) >= 11 is 0. The first-order chi connectivity index (χ1) is 11.2. The van der Waals surface area contributed by atoms with Crippen LogP contribution >= 0.6 is 0 Å². The van der Waals surface area contributed by atoms with Crippen LogP contribution in [0.15, 0.2) is 53.3 Å². The summed E-state index contributed by atoms with van der Waals surface area (Å²) in [6, 6.07) is 12.9. The third-order valence-electron chi connectivity index (χ3n) is 3.49. The minimum Gasteiger partial charge on any atom is -0.464 e. The molecule has 114 valence electrons. The second-order valence-electron chi connectivity index (χ2n) is 4.77. The van der Waals surface area contributed by atoms with Crippen molar-refractivity contribution < 1.29 is 13.9 Å². The number of aromatic nitrogens is 1. The van der Waals surface area contributed by atoms with Crippen LogP contribution in [-0.2, 0) is 4.74 Å². The fraction of sp³-hybridized carbons (Fsp3) is 0.0588. The van der Waals surface area contributed by atoms with Crippen molar-refractivity contribution in [1.82, 2.24) is 4.57 Å². The van der Waals surface area contributed by atoms with Crippen LogP contribution in [0.5, 0.6) is 0 Å². The molecule has 1 aromatic carbocycles. The normalized spacial score (nSPS) is 10.3. The SMILES string of the molecule is COC(=O)c1c(N)c(C#N)cn1-c1ccccc1-c1ccco1. The van der Waals surface area contributed by atoms with Crippen molar-refractivity contribution in [1.29, 1.82) is 5.26 Å². The molecule has 0 saturated heterocycles. The van der Waals surface area contributed by atoms with Gasteiger partial charge < -0.3 is 19.5 Å². The van der Waals surface area contributed by atoms with Gasteiger partial charge in [0.05, 0.1) is 30.3 Å². The lowest BCUT2D eigenvalue weighted by molar-refractivity contribution is 0.0593. The molecule has 0 atom stereocenters. The van der Waals surface area contributed by atoms with Gasteiger partial charge in [0.25, 0.3) is 0 Å². The van der Waals surface area contributed by atoms with Gasteiger partial charge in [-0.3, -0.25) is 0 Å². The van der Waals surface area contributed by atoms with Crippen molar-refractivity contribution in [3.05, 3.63) is 60.1 Å². The Bertz CT molecular complexity index is 902. The molecule has 0 saturated carbocycles. The van der Waals surface area contributed by atoms with Crippen LogP contribution in [0, 0.1) is 11.3 Å². The van der Waals surface area contributed by atoms with Crippen LogP contribution in [0.1, 0.15) is 16.1 Å². The molecular formula is C17H13N3O3. The Morgan fingerprint density at radius 3 is 2.74 bits per heavy atom. The highest BCUT2D eigenvalue weighted by atomic mass is 16.5. The number of nitrogen functional groups attached to an aromatic ring is 1. The number of hydrogen-bond donors (Lipinski definition) is 1. The number of rotatable bonds is 3. The van der Waals surface area contributed by atoms with Gasteiger partial charge in [-0.1, -0.05) is 12.1 Å². The summed E-state index contributed by atoms with van der Waals surface area (Å²) in [5.74, 6) is 0.0282. The molecule has 0 unspecified atom stereocenters. The van der Waals surface area contributed by atoms with E-state index in [-0.39, 0.29) is 16.9 Å². The molecule has 6 nitrogen and oxygen atoms in total. The number of carbonyl (C=O) groups excluding carboxylic acids is 1. The minimum atomic E-state index is -0.613. The maximum Gasteiger partial charge on any atom is 0.357 e. The summed E-state index contributed by atoms with van der Waals surface area (Å²) in [4.78, 5) is 12.1. The zero-order chi connectivity index (χ0) is 16.4. The van der Waals surface area contributed by atoms with E-state index < -0.39 is 5.97 Å². The molecule has 2 heterocycles. The number of anilines is 1. The Morgan fingerprint density at radius 2 is 2.09 bits per heavy atom. The Hall–Kier alpha value is -3.46. The number of methoxy groups -OCH3 is 1. The van der Waals surface area contributed by atoms with Gasteiger partial charge in [0.1, 0.15) is 11.8 Å². The molecule has 0 amide bonds. The fourth-order valence-corrected chi connectivity index (χ4v) is 2.43. The fourth-order valence-electron chi connectivity index (χ4n) is 2.43. The van der Waals surface area contributed by atoms with Crippen LogP contribution in [0.3, 0.4) is 0 Å². The number of esters is 1. The Morgan fingerprint density at radius 1 is 1.30 bits per heavy atom. The van der Waals surface area contributed by atoms with E-state index in [1.807, 2.05) is 36.4 Å².